The Morgan fingerprint density at radius 2 is 2.03 bits per heavy atom. The standard InChI is InChI=1S/C25H22Cl2FN5O2/c1-14-9-22-18(13-32(14)24(34)15-5-6-19(26)20(27)10-15)23-25(35)31(7-8-33(23)30-22)12-16-3-2-4-21(28)17(16)11-29/h2-6,10,14,22,30H,7-9,12-13H2,1H3/t14-,22?/m1/s1. The molecular weight excluding hydrogens is 492 g/mol. The fourth-order valence-corrected chi connectivity index (χ4v) is 5.31. The lowest BCUT2D eigenvalue weighted by atomic mass is 9.92. The lowest BCUT2D eigenvalue weighted by Crippen LogP contribution is -2.52. The Morgan fingerprint density at radius 1 is 1.23 bits per heavy atom. The molecule has 2 aromatic rings. The molecule has 1 N–H and O–H groups in total. The van der Waals surface area contributed by atoms with Crippen molar-refractivity contribution in [2.45, 2.75) is 32.0 Å². The number of hydrogen-bond acceptors (Lipinski definition) is 5. The van der Waals surface area contributed by atoms with E-state index in [1.165, 1.54) is 12.1 Å². The summed E-state index contributed by atoms with van der Waals surface area (Å²) in [6, 6.07) is 11.0. The highest BCUT2D eigenvalue weighted by molar-refractivity contribution is 6.42. The van der Waals surface area contributed by atoms with E-state index in [9.17, 15) is 19.2 Å². The van der Waals surface area contributed by atoms with Crippen LogP contribution in [0.5, 0.6) is 0 Å². The summed E-state index contributed by atoms with van der Waals surface area (Å²) in [4.78, 5) is 30.2. The molecule has 3 heterocycles. The van der Waals surface area contributed by atoms with E-state index in [0.717, 1.165) is 5.57 Å². The van der Waals surface area contributed by atoms with E-state index in [1.54, 1.807) is 34.1 Å². The summed E-state index contributed by atoms with van der Waals surface area (Å²) < 4.78 is 14.1. The van der Waals surface area contributed by atoms with Crippen LogP contribution in [0.2, 0.25) is 10.0 Å². The smallest absolute Gasteiger partial charge is 0.271 e. The summed E-state index contributed by atoms with van der Waals surface area (Å²) in [7, 11) is 0. The topological polar surface area (TPSA) is 79.7 Å². The third-order valence-electron chi connectivity index (χ3n) is 6.84. The number of piperidine rings is 1. The number of nitriles is 1. The zero-order valence-corrected chi connectivity index (χ0v) is 20.4. The predicted octanol–water partition coefficient (Wildman–Crippen LogP) is 3.72. The van der Waals surface area contributed by atoms with E-state index in [4.69, 9.17) is 23.2 Å². The molecule has 0 radical (unpaired) electrons. The number of fused-ring (bicyclic) bond motifs is 2. The van der Waals surface area contributed by atoms with Crippen molar-refractivity contribution in [3.8, 4) is 6.07 Å². The SMILES string of the molecule is C[C@@H]1CC2NN3CCN(Cc4cccc(F)c4C#N)C(=O)C3=C2CN1C(=O)c1ccc(Cl)c(Cl)c1. The third-order valence-corrected chi connectivity index (χ3v) is 7.58. The van der Waals surface area contributed by atoms with E-state index in [-0.39, 0.29) is 36.0 Å². The maximum absolute atomic E-state index is 14.1. The Kier molecular flexibility index (Phi) is 6.18. The van der Waals surface area contributed by atoms with E-state index >= 15 is 0 Å². The average Bonchev–Trinajstić information content (AvgIpc) is 3.19. The number of nitrogens with zero attached hydrogens (tertiary/aromatic N) is 4. The maximum Gasteiger partial charge on any atom is 0.271 e. The largest absolute Gasteiger partial charge is 0.332 e. The first-order valence-corrected chi connectivity index (χ1v) is 12.0. The molecule has 2 amide bonds. The van der Waals surface area contributed by atoms with Crippen molar-refractivity contribution >= 4 is 35.0 Å². The van der Waals surface area contributed by atoms with E-state index in [1.807, 2.05) is 18.0 Å². The first-order chi connectivity index (χ1) is 16.8. The van der Waals surface area contributed by atoms with Gasteiger partial charge in [-0.2, -0.15) is 5.26 Å². The van der Waals surface area contributed by atoms with Crippen molar-refractivity contribution in [3.63, 3.8) is 0 Å². The number of hydrogen-bond donors (Lipinski definition) is 1. The fraction of sp³-hybridized carbons (Fsp3) is 0.320. The molecule has 0 saturated carbocycles. The quantitative estimate of drug-likeness (QED) is 0.676. The summed E-state index contributed by atoms with van der Waals surface area (Å²) in [5, 5.41) is 11.9. The second kappa shape index (κ2) is 9.15. The van der Waals surface area contributed by atoms with Crippen LogP contribution in [0.25, 0.3) is 0 Å². The van der Waals surface area contributed by atoms with Gasteiger partial charge in [-0.1, -0.05) is 35.3 Å². The van der Waals surface area contributed by atoms with Crippen molar-refractivity contribution in [3.05, 3.63) is 80.2 Å². The molecule has 35 heavy (non-hydrogen) atoms. The highest BCUT2D eigenvalue weighted by Gasteiger charge is 2.44. The molecular formula is C25H22Cl2FN5O2. The number of nitrogens with one attached hydrogen (secondary N) is 1. The second-order valence-electron chi connectivity index (χ2n) is 8.97. The molecule has 0 spiro atoms. The van der Waals surface area contributed by atoms with Gasteiger partial charge in [-0.3, -0.25) is 9.59 Å². The van der Waals surface area contributed by atoms with Crippen molar-refractivity contribution in [1.29, 1.82) is 5.26 Å². The first kappa shape index (κ1) is 23.6. The van der Waals surface area contributed by atoms with Crippen LogP contribution < -0.4 is 5.43 Å². The predicted molar refractivity (Wildman–Crippen MR) is 129 cm³/mol. The van der Waals surface area contributed by atoms with Gasteiger partial charge in [0.05, 0.1) is 28.2 Å². The molecule has 0 bridgehead atoms. The summed E-state index contributed by atoms with van der Waals surface area (Å²) in [6.07, 6.45) is 0.651. The van der Waals surface area contributed by atoms with Gasteiger partial charge in [0, 0.05) is 31.2 Å². The zero-order chi connectivity index (χ0) is 24.9. The molecule has 2 saturated heterocycles. The van der Waals surface area contributed by atoms with Crippen molar-refractivity contribution in [1.82, 2.24) is 20.2 Å². The number of benzene rings is 2. The van der Waals surface area contributed by atoms with Crippen LogP contribution in [0.1, 0.15) is 34.8 Å². The number of rotatable bonds is 3. The molecule has 3 aliphatic heterocycles. The Hall–Kier alpha value is -3.12. The Bertz CT molecular complexity index is 1310. The minimum atomic E-state index is -0.599. The molecule has 0 aliphatic carbocycles. The molecule has 2 fully saturated rings. The number of piperazine rings is 1. The highest BCUT2D eigenvalue weighted by Crippen LogP contribution is 2.35. The number of likely N-dealkylation sites (tertiary alicyclic amines) is 1. The summed E-state index contributed by atoms with van der Waals surface area (Å²) in [6.45, 7) is 3.40. The fourth-order valence-electron chi connectivity index (χ4n) is 5.01. The second-order valence-corrected chi connectivity index (χ2v) is 9.78. The van der Waals surface area contributed by atoms with Crippen molar-refractivity contribution in [2.24, 2.45) is 0 Å². The number of hydrazine groups is 1. The Morgan fingerprint density at radius 3 is 2.77 bits per heavy atom. The van der Waals surface area contributed by atoms with Crippen molar-refractivity contribution < 1.29 is 14.0 Å². The summed E-state index contributed by atoms with van der Waals surface area (Å²) in [5.41, 5.74) is 5.64. The van der Waals surface area contributed by atoms with Gasteiger partial charge < -0.3 is 14.8 Å². The highest BCUT2D eigenvalue weighted by atomic mass is 35.5. The molecule has 0 aromatic heterocycles. The normalized spacial score (nSPS) is 21.7. The van der Waals surface area contributed by atoms with E-state index < -0.39 is 5.82 Å². The summed E-state index contributed by atoms with van der Waals surface area (Å²) in [5.74, 6) is -0.982. The molecule has 180 valence electrons. The molecule has 1 unspecified atom stereocenters. The van der Waals surface area contributed by atoms with Crippen LogP contribution in [0.4, 0.5) is 4.39 Å². The Balaban J connectivity index is 1.42. The lowest BCUT2D eigenvalue weighted by molar-refractivity contribution is -0.132. The van der Waals surface area contributed by atoms with Gasteiger partial charge in [0.25, 0.3) is 11.8 Å². The van der Waals surface area contributed by atoms with Crippen LogP contribution in [0, 0.1) is 17.1 Å². The van der Waals surface area contributed by atoms with Gasteiger partial charge >= 0.3 is 0 Å². The van der Waals surface area contributed by atoms with Gasteiger partial charge in [0.15, 0.2) is 0 Å². The third kappa shape index (κ3) is 4.14. The summed E-state index contributed by atoms with van der Waals surface area (Å²) >= 11 is 12.1. The van der Waals surface area contributed by atoms with Gasteiger partial charge in [-0.15, -0.1) is 0 Å². The van der Waals surface area contributed by atoms with E-state index in [2.05, 4.69) is 5.43 Å². The number of amides is 2. The Labute approximate surface area is 212 Å². The van der Waals surface area contributed by atoms with Crippen LogP contribution in [0.15, 0.2) is 47.7 Å². The van der Waals surface area contributed by atoms with Crippen molar-refractivity contribution in [2.75, 3.05) is 19.6 Å². The monoisotopic (exact) mass is 513 g/mol. The first-order valence-electron chi connectivity index (χ1n) is 11.3. The van der Waals surface area contributed by atoms with Crippen LogP contribution >= 0.6 is 23.2 Å². The molecule has 7 nitrogen and oxygen atoms in total. The van der Waals surface area contributed by atoms with Gasteiger partial charge in [0.2, 0.25) is 0 Å². The molecule has 10 heteroatoms. The number of carbonyl (C=O) groups excluding carboxylic acids is 2. The number of carbonyl (C=O) groups is 2. The zero-order valence-electron chi connectivity index (χ0n) is 18.9. The minimum absolute atomic E-state index is 0.0484. The molecule has 2 atom stereocenters. The van der Waals surface area contributed by atoms with Gasteiger partial charge in [0.1, 0.15) is 17.6 Å². The lowest BCUT2D eigenvalue weighted by Gasteiger charge is -2.37. The molecule has 5 rings (SSSR count). The maximum atomic E-state index is 14.1. The van der Waals surface area contributed by atoms with Gasteiger partial charge in [-0.05, 0) is 48.7 Å². The molecule has 3 aliphatic rings. The number of halogens is 3. The van der Waals surface area contributed by atoms with Gasteiger partial charge in [-0.25, -0.2) is 9.82 Å². The van der Waals surface area contributed by atoms with Crippen LogP contribution in [-0.4, -0.2) is 58.3 Å². The van der Waals surface area contributed by atoms with Crippen LogP contribution in [0.3, 0.4) is 0 Å². The van der Waals surface area contributed by atoms with Crippen LogP contribution in [-0.2, 0) is 11.3 Å². The molecule has 2 aromatic carbocycles. The van der Waals surface area contributed by atoms with E-state index in [0.29, 0.717) is 52.9 Å². The minimum Gasteiger partial charge on any atom is -0.332 e. The average molecular weight is 514 g/mol.